The highest BCUT2D eigenvalue weighted by molar-refractivity contribution is 5.35. The van der Waals surface area contributed by atoms with Gasteiger partial charge in [-0.05, 0) is 26.0 Å². The lowest BCUT2D eigenvalue weighted by molar-refractivity contribution is -0.139. The van der Waals surface area contributed by atoms with Crippen LogP contribution in [0.2, 0.25) is 0 Å². The van der Waals surface area contributed by atoms with Crippen LogP contribution in [-0.4, -0.2) is 9.55 Å². The van der Waals surface area contributed by atoms with E-state index in [1.165, 1.54) is 18.2 Å². The molecule has 0 amide bonds. The summed E-state index contributed by atoms with van der Waals surface area (Å²) in [6, 6.07) is 5.17. The number of para-hydroxylation sites is 1. The van der Waals surface area contributed by atoms with Crippen molar-refractivity contribution in [3.05, 3.63) is 47.5 Å². The Labute approximate surface area is 115 Å². The van der Waals surface area contributed by atoms with E-state index in [2.05, 4.69) is 4.98 Å². The lowest BCUT2D eigenvalue weighted by Crippen LogP contribution is -2.08. The fourth-order valence-electron chi connectivity index (χ4n) is 1.94. The molecule has 0 aliphatic heterocycles. The second-order valence-electron chi connectivity index (χ2n) is 4.35. The summed E-state index contributed by atoms with van der Waals surface area (Å²) >= 11 is 0. The molecule has 2 aromatic rings. The first kappa shape index (κ1) is 14.4. The monoisotopic (exact) mass is 284 g/mol. The lowest BCUT2D eigenvalue weighted by atomic mass is 10.2. The smallest absolute Gasteiger partial charge is 0.419 e. The standard InChI is InChI=1S/C14H15F3N2O/c1-3-19-8-11(18-10(19)2)9-20-13-7-5-4-6-12(13)14(15,16)17/h4-8H,3,9H2,1-2H3. The summed E-state index contributed by atoms with van der Waals surface area (Å²) in [6.07, 6.45) is -2.64. The molecule has 1 aromatic carbocycles. The van der Waals surface area contributed by atoms with Gasteiger partial charge in [0.25, 0.3) is 0 Å². The SMILES string of the molecule is CCn1cc(COc2ccccc2C(F)(F)F)nc1C. The topological polar surface area (TPSA) is 27.1 Å². The number of aryl methyl sites for hydroxylation is 2. The molecule has 3 nitrogen and oxygen atoms in total. The summed E-state index contributed by atoms with van der Waals surface area (Å²) in [7, 11) is 0. The van der Waals surface area contributed by atoms with Crippen LogP contribution in [0.25, 0.3) is 0 Å². The fraction of sp³-hybridized carbons (Fsp3) is 0.357. The van der Waals surface area contributed by atoms with Gasteiger partial charge in [0.2, 0.25) is 0 Å². The number of benzene rings is 1. The van der Waals surface area contributed by atoms with Crippen LogP contribution >= 0.6 is 0 Å². The van der Waals surface area contributed by atoms with E-state index in [1.807, 2.05) is 18.4 Å². The van der Waals surface area contributed by atoms with Gasteiger partial charge >= 0.3 is 6.18 Å². The Morgan fingerprint density at radius 2 is 1.95 bits per heavy atom. The number of ether oxygens (including phenoxy) is 1. The molecular weight excluding hydrogens is 269 g/mol. The Hall–Kier alpha value is -1.98. The number of hydrogen-bond acceptors (Lipinski definition) is 2. The first-order valence-corrected chi connectivity index (χ1v) is 6.23. The highest BCUT2D eigenvalue weighted by atomic mass is 19.4. The van der Waals surface area contributed by atoms with Crippen molar-refractivity contribution in [2.24, 2.45) is 0 Å². The molecule has 0 spiro atoms. The third-order valence-electron chi connectivity index (χ3n) is 2.93. The predicted octanol–water partition coefficient (Wildman–Crippen LogP) is 3.81. The molecule has 0 aliphatic carbocycles. The van der Waals surface area contributed by atoms with Crippen molar-refractivity contribution >= 4 is 0 Å². The highest BCUT2D eigenvalue weighted by Crippen LogP contribution is 2.36. The number of nitrogens with zero attached hydrogens (tertiary/aromatic N) is 2. The fourth-order valence-corrected chi connectivity index (χ4v) is 1.94. The number of hydrogen-bond donors (Lipinski definition) is 0. The van der Waals surface area contributed by atoms with Gasteiger partial charge in [0, 0.05) is 12.7 Å². The molecule has 0 saturated carbocycles. The van der Waals surface area contributed by atoms with Crippen molar-refractivity contribution in [1.29, 1.82) is 0 Å². The molecule has 0 N–H and O–H groups in total. The van der Waals surface area contributed by atoms with Crippen molar-refractivity contribution in [3.8, 4) is 5.75 Å². The Kier molecular flexibility index (Phi) is 4.01. The minimum Gasteiger partial charge on any atom is -0.487 e. The third kappa shape index (κ3) is 3.12. The van der Waals surface area contributed by atoms with Crippen LogP contribution in [0.5, 0.6) is 5.75 Å². The van der Waals surface area contributed by atoms with Crippen molar-refractivity contribution < 1.29 is 17.9 Å². The van der Waals surface area contributed by atoms with Gasteiger partial charge in [-0.3, -0.25) is 0 Å². The summed E-state index contributed by atoms with van der Waals surface area (Å²) in [5.41, 5.74) is -0.159. The quantitative estimate of drug-likeness (QED) is 0.853. The maximum absolute atomic E-state index is 12.8. The van der Waals surface area contributed by atoms with E-state index >= 15 is 0 Å². The van der Waals surface area contributed by atoms with Gasteiger partial charge in [-0.1, -0.05) is 12.1 Å². The number of aromatic nitrogens is 2. The van der Waals surface area contributed by atoms with Gasteiger partial charge in [0.05, 0.1) is 11.3 Å². The molecule has 2 rings (SSSR count). The van der Waals surface area contributed by atoms with E-state index < -0.39 is 11.7 Å². The number of rotatable bonds is 4. The average molecular weight is 284 g/mol. The van der Waals surface area contributed by atoms with E-state index in [4.69, 9.17) is 4.74 Å². The molecule has 0 atom stereocenters. The molecule has 6 heteroatoms. The van der Waals surface area contributed by atoms with Crippen LogP contribution < -0.4 is 4.74 Å². The van der Waals surface area contributed by atoms with Crippen LogP contribution in [-0.2, 0) is 19.3 Å². The van der Waals surface area contributed by atoms with Gasteiger partial charge in [-0.2, -0.15) is 13.2 Å². The van der Waals surface area contributed by atoms with Crippen LogP contribution in [0.4, 0.5) is 13.2 Å². The van der Waals surface area contributed by atoms with Gasteiger partial charge < -0.3 is 9.30 Å². The van der Waals surface area contributed by atoms with Crippen molar-refractivity contribution in [3.63, 3.8) is 0 Å². The van der Waals surface area contributed by atoms with E-state index in [0.29, 0.717) is 5.69 Å². The molecule has 0 radical (unpaired) electrons. The zero-order chi connectivity index (χ0) is 14.8. The molecular formula is C14H15F3N2O. The zero-order valence-corrected chi connectivity index (χ0v) is 11.2. The zero-order valence-electron chi connectivity index (χ0n) is 11.2. The molecule has 20 heavy (non-hydrogen) atoms. The van der Waals surface area contributed by atoms with Crippen LogP contribution in [0.3, 0.4) is 0 Å². The minimum absolute atomic E-state index is 0.0148. The summed E-state index contributed by atoms with van der Waals surface area (Å²) in [4.78, 5) is 4.25. The summed E-state index contributed by atoms with van der Waals surface area (Å²) in [5.74, 6) is 0.638. The minimum atomic E-state index is -4.42. The van der Waals surface area contributed by atoms with E-state index in [9.17, 15) is 13.2 Å². The first-order chi connectivity index (χ1) is 9.41. The van der Waals surface area contributed by atoms with Crippen LogP contribution in [0.1, 0.15) is 24.0 Å². The number of halogens is 3. The Morgan fingerprint density at radius 1 is 1.25 bits per heavy atom. The van der Waals surface area contributed by atoms with Crippen molar-refractivity contribution in [2.45, 2.75) is 33.2 Å². The molecule has 0 unspecified atom stereocenters. The summed E-state index contributed by atoms with van der Waals surface area (Å²) in [5, 5.41) is 0. The Morgan fingerprint density at radius 3 is 2.55 bits per heavy atom. The molecule has 0 fully saturated rings. The summed E-state index contributed by atoms with van der Waals surface area (Å²) in [6.45, 7) is 4.59. The molecule has 0 bridgehead atoms. The highest BCUT2D eigenvalue weighted by Gasteiger charge is 2.34. The largest absolute Gasteiger partial charge is 0.487 e. The Bertz CT molecular complexity index is 590. The van der Waals surface area contributed by atoms with Gasteiger partial charge in [-0.25, -0.2) is 4.98 Å². The Balaban J connectivity index is 2.15. The molecule has 1 heterocycles. The molecule has 0 aliphatic rings. The second-order valence-corrected chi connectivity index (χ2v) is 4.35. The molecule has 1 aromatic heterocycles. The van der Waals surface area contributed by atoms with E-state index in [1.54, 1.807) is 6.20 Å². The maximum atomic E-state index is 12.8. The number of alkyl halides is 3. The second kappa shape index (κ2) is 5.56. The first-order valence-electron chi connectivity index (χ1n) is 6.23. The van der Waals surface area contributed by atoms with Crippen molar-refractivity contribution in [1.82, 2.24) is 9.55 Å². The van der Waals surface area contributed by atoms with Crippen molar-refractivity contribution in [2.75, 3.05) is 0 Å². The molecule has 0 saturated heterocycles. The lowest BCUT2D eigenvalue weighted by Gasteiger charge is -2.12. The third-order valence-corrected chi connectivity index (χ3v) is 2.93. The van der Waals surface area contributed by atoms with Crippen LogP contribution in [0, 0.1) is 6.92 Å². The van der Waals surface area contributed by atoms with Crippen LogP contribution in [0.15, 0.2) is 30.5 Å². The van der Waals surface area contributed by atoms with Gasteiger partial charge in [-0.15, -0.1) is 0 Å². The maximum Gasteiger partial charge on any atom is 0.419 e. The summed E-state index contributed by atoms with van der Waals surface area (Å²) < 4.78 is 45.6. The average Bonchev–Trinajstić information content (AvgIpc) is 2.76. The van der Waals surface area contributed by atoms with Gasteiger partial charge in [0.15, 0.2) is 0 Å². The van der Waals surface area contributed by atoms with E-state index in [-0.39, 0.29) is 12.4 Å². The number of imidazole rings is 1. The predicted molar refractivity (Wildman–Crippen MR) is 68.4 cm³/mol. The van der Waals surface area contributed by atoms with Gasteiger partial charge in [0.1, 0.15) is 18.2 Å². The van der Waals surface area contributed by atoms with E-state index in [0.717, 1.165) is 18.4 Å². The normalized spacial score (nSPS) is 11.7. The molecule has 108 valence electrons.